The van der Waals surface area contributed by atoms with Gasteiger partial charge in [0.2, 0.25) is 0 Å². The maximum atomic E-state index is 12.5. The Hall–Kier alpha value is -2.60. The van der Waals surface area contributed by atoms with Gasteiger partial charge in [0.25, 0.3) is 0 Å². The molecule has 0 spiro atoms. The Bertz CT molecular complexity index is 1120. The number of fused-ring (bicyclic) bond motifs is 2. The normalized spacial score (nSPS) is 16.7. The van der Waals surface area contributed by atoms with Gasteiger partial charge in [-0.2, -0.15) is 0 Å². The Kier molecular flexibility index (Phi) is 8.89. The third-order valence-electron chi connectivity index (χ3n) is 7.25. The summed E-state index contributed by atoms with van der Waals surface area (Å²) in [7, 11) is 0. The number of thiazole rings is 1. The molecule has 1 atom stereocenters. The smallest absolute Gasteiger partial charge is 0.411 e. The van der Waals surface area contributed by atoms with Crippen LogP contribution in [0.1, 0.15) is 89.1 Å². The highest BCUT2D eigenvalue weighted by Crippen LogP contribution is 2.44. The van der Waals surface area contributed by atoms with E-state index in [-0.39, 0.29) is 5.54 Å². The first-order valence-electron chi connectivity index (χ1n) is 13.6. The van der Waals surface area contributed by atoms with Crippen LogP contribution in [0, 0.1) is 0 Å². The number of carbonyl (C=O) groups excluding carboxylic acids is 1. The summed E-state index contributed by atoms with van der Waals surface area (Å²) in [5.74, 6) is 0.438. The highest BCUT2D eigenvalue weighted by atomic mass is 32.1. The number of anilines is 2. The zero-order chi connectivity index (χ0) is 25.5. The second-order valence-corrected chi connectivity index (χ2v) is 11.8. The van der Waals surface area contributed by atoms with Crippen LogP contribution in [0.3, 0.4) is 0 Å². The standard InChI is InChI=1S/C30H41N3O2S/c1-5-6-7-8-9-12-18-33-26-16-15-23(20-24(26)22(2)21-30(33,3)4)31-29(34)35-19-17-28-32-25-13-10-11-14-27(25)36-28/h10-11,13-16,20,22H,5-9,12,17-19,21H2,1-4H3,(H,31,34). The van der Waals surface area contributed by atoms with Crippen molar-refractivity contribution in [1.29, 1.82) is 0 Å². The zero-order valence-corrected chi connectivity index (χ0v) is 23.1. The first kappa shape index (κ1) is 26.5. The van der Waals surface area contributed by atoms with Crippen molar-refractivity contribution in [2.75, 3.05) is 23.4 Å². The molecule has 1 aromatic heterocycles. The van der Waals surface area contributed by atoms with Crippen molar-refractivity contribution in [1.82, 2.24) is 4.98 Å². The van der Waals surface area contributed by atoms with E-state index in [1.165, 1.54) is 49.8 Å². The van der Waals surface area contributed by atoms with Gasteiger partial charge in [0.05, 0.1) is 21.8 Å². The van der Waals surface area contributed by atoms with Crippen LogP contribution in [0.25, 0.3) is 10.2 Å². The van der Waals surface area contributed by atoms with Crippen LogP contribution in [0.15, 0.2) is 42.5 Å². The molecular formula is C30H41N3O2S. The number of benzene rings is 2. The van der Waals surface area contributed by atoms with Crippen LogP contribution < -0.4 is 10.2 Å². The molecular weight excluding hydrogens is 466 g/mol. The van der Waals surface area contributed by atoms with Gasteiger partial charge in [-0.15, -0.1) is 11.3 Å². The topological polar surface area (TPSA) is 54.5 Å². The molecule has 0 saturated carbocycles. The summed E-state index contributed by atoms with van der Waals surface area (Å²) in [6.07, 6.45) is 9.13. The van der Waals surface area contributed by atoms with Crippen LogP contribution >= 0.6 is 11.3 Å². The molecule has 3 aromatic rings. The number of amides is 1. The first-order chi connectivity index (χ1) is 17.4. The van der Waals surface area contributed by atoms with Crippen LogP contribution in [-0.4, -0.2) is 29.8 Å². The van der Waals surface area contributed by atoms with Crippen LogP contribution in [0.2, 0.25) is 0 Å². The van der Waals surface area contributed by atoms with E-state index in [4.69, 9.17) is 4.74 Å². The fourth-order valence-electron chi connectivity index (χ4n) is 5.45. The fourth-order valence-corrected chi connectivity index (χ4v) is 6.40. The highest BCUT2D eigenvalue weighted by molar-refractivity contribution is 7.18. The molecule has 2 aromatic carbocycles. The molecule has 36 heavy (non-hydrogen) atoms. The molecule has 6 heteroatoms. The first-order valence-corrected chi connectivity index (χ1v) is 14.4. The maximum absolute atomic E-state index is 12.5. The lowest BCUT2D eigenvalue weighted by Crippen LogP contribution is -2.48. The number of hydrogen-bond donors (Lipinski definition) is 1. The molecule has 1 N–H and O–H groups in total. The monoisotopic (exact) mass is 507 g/mol. The van der Waals surface area contributed by atoms with Crippen molar-refractivity contribution < 1.29 is 9.53 Å². The largest absolute Gasteiger partial charge is 0.449 e. The van der Waals surface area contributed by atoms with Gasteiger partial charge in [-0.25, -0.2) is 9.78 Å². The minimum Gasteiger partial charge on any atom is -0.449 e. The Morgan fingerprint density at radius 2 is 1.92 bits per heavy atom. The predicted octanol–water partition coefficient (Wildman–Crippen LogP) is 8.54. The van der Waals surface area contributed by atoms with E-state index >= 15 is 0 Å². The van der Waals surface area contributed by atoms with Gasteiger partial charge >= 0.3 is 6.09 Å². The molecule has 2 heterocycles. The lowest BCUT2D eigenvalue weighted by atomic mass is 9.79. The molecule has 5 nitrogen and oxygen atoms in total. The zero-order valence-electron chi connectivity index (χ0n) is 22.3. The summed E-state index contributed by atoms with van der Waals surface area (Å²) in [4.78, 5) is 19.7. The molecule has 0 fully saturated rings. The van der Waals surface area contributed by atoms with E-state index in [1.54, 1.807) is 11.3 Å². The van der Waals surface area contributed by atoms with E-state index in [9.17, 15) is 4.79 Å². The SMILES string of the molecule is CCCCCCCCN1c2ccc(NC(=O)OCCc3nc4ccccc4s3)cc2C(C)CC1(C)C. The van der Waals surface area contributed by atoms with Gasteiger partial charge in [-0.05, 0) is 68.5 Å². The molecule has 1 aliphatic heterocycles. The molecule has 1 aliphatic rings. The van der Waals surface area contributed by atoms with Gasteiger partial charge in [0.15, 0.2) is 0 Å². The highest BCUT2D eigenvalue weighted by Gasteiger charge is 2.36. The molecule has 194 valence electrons. The predicted molar refractivity (Wildman–Crippen MR) is 153 cm³/mol. The van der Waals surface area contributed by atoms with Crippen molar-refractivity contribution in [2.45, 2.75) is 90.5 Å². The van der Waals surface area contributed by atoms with Crippen molar-refractivity contribution >= 4 is 39.0 Å². The Balaban J connectivity index is 1.33. The minimum atomic E-state index is -0.413. The average Bonchev–Trinajstić information content (AvgIpc) is 3.25. The van der Waals surface area contributed by atoms with Crippen LogP contribution in [0.5, 0.6) is 0 Å². The number of rotatable bonds is 11. The van der Waals surface area contributed by atoms with Crippen LogP contribution in [-0.2, 0) is 11.2 Å². The summed E-state index contributed by atoms with van der Waals surface area (Å²) < 4.78 is 6.63. The number of hydrogen-bond acceptors (Lipinski definition) is 5. The Morgan fingerprint density at radius 3 is 2.72 bits per heavy atom. The summed E-state index contributed by atoms with van der Waals surface area (Å²) in [6.45, 7) is 10.7. The van der Waals surface area contributed by atoms with Crippen molar-refractivity contribution in [3.63, 3.8) is 0 Å². The van der Waals surface area contributed by atoms with Gasteiger partial charge in [-0.3, -0.25) is 5.32 Å². The molecule has 0 bridgehead atoms. The minimum absolute atomic E-state index is 0.129. The average molecular weight is 508 g/mol. The number of ether oxygens (including phenoxy) is 1. The van der Waals surface area contributed by atoms with Gasteiger partial charge in [0.1, 0.15) is 0 Å². The molecule has 1 unspecified atom stereocenters. The Labute approximate surface area is 220 Å². The van der Waals surface area contributed by atoms with E-state index in [0.717, 1.165) is 33.9 Å². The molecule has 1 amide bonds. The van der Waals surface area contributed by atoms with Crippen molar-refractivity contribution in [3.8, 4) is 0 Å². The lowest BCUT2D eigenvalue weighted by molar-refractivity contribution is 0.163. The van der Waals surface area contributed by atoms with Gasteiger partial charge < -0.3 is 9.64 Å². The summed E-state index contributed by atoms with van der Waals surface area (Å²) >= 11 is 1.65. The summed E-state index contributed by atoms with van der Waals surface area (Å²) in [5.41, 5.74) is 4.54. The van der Waals surface area contributed by atoms with Crippen molar-refractivity contribution in [3.05, 3.63) is 53.0 Å². The van der Waals surface area contributed by atoms with Crippen molar-refractivity contribution in [2.24, 2.45) is 0 Å². The summed E-state index contributed by atoms with van der Waals surface area (Å²) in [5, 5.41) is 3.92. The van der Waals surface area contributed by atoms with E-state index in [2.05, 4.69) is 61.1 Å². The molecule has 0 saturated heterocycles. The quantitative estimate of drug-likeness (QED) is 0.264. The fraction of sp³-hybridized carbons (Fsp3) is 0.533. The number of aromatic nitrogens is 1. The second kappa shape index (κ2) is 12.1. The number of para-hydroxylation sites is 1. The second-order valence-electron chi connectivity index (χ2n) is 10.7. The third-order valence-corrected chi connectivity index (χ3v) is 8.35. The number of nitrogens with zero attached hydrogens (tertiary/aromatic N) is 2. The maximum Gasteiger partial charge on any atom is 0.411 e. The number of carbonyl (C=O) groups is 1. The third kappa shape index (κ3) is 6.58. The van der Waals surface area contributed by atoms with Crippen LogP contribution in [0.4, 0.5) is 16.2 Å². The number of nitrogens with one attached hydrogen (secondary N) is 1. The Morgan fingerprint density at radius 1 is 1.14 bits per heavy atom. The van der Waals surface area contributed by atoms with Gasteiger partial charge in [-0.1, -0.05) is 58.1 Å². The van der Waals surface area contributed by atoms with E-state index < -0.39 is 6.09 Å². The lowest BCUT2D eigenvalue weighted by Gasteiger charge is -2.48. The van der Waals surface area contributed by atoms with E-state index in [0.29, 0.717) is 18.9 Å². The number of unbranched alkanes of at least 4 members (excludes halogenated alkanes) is 5. The molecule has 4 rings (SSSR count). The molecule has 0 aliphatic carbocycles. The van der Waals surface area contributed by atoms with E-state index in [1.807, 2.05) is 24.3 Å². The summed E-state index contributed by atoms with van der Waals surface area (Å²) in [6, 6.07) is 14.4. The van der Waals surface area contributed by atoms with Gasteiger partial charge in [0, 0.05) is 29.9 Å². The molecule has 0 radical (unpaired) electrons.